The van der Waals surface area contributed by atoms with E-state index in [9.17, 15) is 4.79 Å². The second kappa shape index (κ2) is 7.43. The number of carbonyl (C=O) groups excluding carboxylic acids is 1. The minimum Gasteiger partial charge on any atom is -0.491 e. The quantitative estimate of drug-likeness (QED) is 0.842. The lowest BCUT2D eigenvalue weighted by atomic mass is 10.1. The molecule has 3 N–H and O–H groups in total. The summed E-state index contributed by atoms with van der Waals surface area (Å²) in [5.41, 5.74) is 6.53. The number of carbonyl (C=O) groups is 1. The first kappa shape index (κ1) is 15.8. The molecule has 1 amide bonds. The maximum Gasteiger partial charge on any atom is 0.241 e. The molecule has 1 aliphatic heterocycles. The van der Waals surface area contributed by atoms with Gasteiger partial charge in [-0.15, -0.1) is 0 Å². The molecule has 0 aromatic heterocycles. The van der Waals surface area contributed by atoms with Crippen LogP contribution in [0.4, 0.5) is 5.69 Å². The molecule has 2 rings (SSSR count). The third-order valence-electron chi connectivity index (χ3n) is 3.60. The molecule has 1 fully saturated rings. The Labute approximate surface area is 125 Å². The highest BCUT2D eigenvalue weighted by molar-refractivity contribution is 5.94. The smallest absolute Gasteiger partial charge is 0.241 e. The SMILES string of the molecule is CC(C)[C@H](N)C(=O)Nc1ccc(OCC2CCCO2)cc1. The number of hydrogen-bond acceptors (Lipinski definition) is 4. The van der Waals surface area contributed by atoms with Crippen molar-refractivity contribution < 1.29 is 14.3 Å². The maximum absolute atomic E-state index is 11.9. The Bertz CT molecular complexity index is 453. The summed E-state index contributed by atoms with van der Waals surface area (Å²) in [7, 11) is 0. The van der Waals surface area contributed by atoms with Crippen LogP contribution in [0.1, 0.15) is 26.7 Å². The van der Waals surface area contributed by atoms with E-state index in [1.54, 1.807) is 0 Å². The van der Waals surface area contributed by atoms with Crippen molar-refractivity contribution in [2.75, 3.05) is 18.5 Å². The van der Waals surface area contributed by atoms with Crippen LogP contribution in [0, 0.1) is 5.92 Å². The van der Waals surface area contributed by atoms with Crippen LogP contribution in [-0.4, -0.2) is 31.3 Å². The summed E-state index contributed by atoms with van der Waals surface area (Å²) in [6, 6.07) is 6.81. The van der Waals surface area contributed by atoms with Crippen LogP contribution in [0.2, 0.25) is 0 Å². The molecule has 5 nitrogen and oxygen atoms in total. The Kier molecular flexibility index (Phi) is 5.59. The minimum atomic E-state index is -0.500. The predicted molar refractivity (Wildman–Crippen MR) is 82.4 cm³/mol. The van der Waals surface area contributed by atoms with Gasteiger partial charge >= 0.3 is 0 Å². The lowest BCUT2D eigenvalue weighted by Gasteiger charge is -2.16. The van der Waals surface area contributed by atoms with E-state index in [1.807, 2.05) is 38.1 Å². The number of benzene rings is 1. The molecule has 1 aliphatic rings. The molecule has 2 atom stereocenters. The van der Waals surface area contributed by atoms with Gasteiger partial charge in [-0.3, -0.25) is 4.79 Å². The van der Waals surface area contributed by atoms with E-state index in [2.05, 4.69) is 5.32 Å². The topological polar surface area (TPSA) is 73.6 Å². The molecule has 0 spiro atoms. The van der Waals surface area contributed by atoms with E-state index in [4.69, 9.17) is 15.2 Å². The van der Waals surface area contributed by atoms with Crippen molar-refractivity contribution in [3.8, 4) is 5.75 Å². The molecular weight excluding hydrogens is 268 g/mol. The maximum atomic E-state index is 11.9. The number of hydrogen-bond donors (Lipinski definition) is 2. The van der Waals surface area contributed by atoms with E-state index < -0.39 is 6.04 Å². The molecule has 0 bridgehead atoms. The molecule has 5 heteroatoms. The van der Waals surface area contributed by atoms with Crippen LogP contribution in [0.25, 0.3) is 0 Å². The summed E-state index contributed by atoms with van der Waals surface area (Å²) in [5.74, 6) is 0.716. The van der Waals surface area contributed by atoms with Crippen LogP contribution in [0.15, 0.2) is 24.3 Å². The zero-order chi connectivity index (χ0) is 15.2. The van der Waals surface area contributed by atoms with Gasteiger partial charge in [-0.1, -0.05) is 13.8 Å². The fourth-order valence-electron chi connectivity index (χ4n) is 2.13. The average molecular weight is 292 g/mol. The zero-order valence-corrected chi connectivity index (χ0v) is 12.7. The Morgan fingerprint density at radius 3 is 2.71 bits per heavy atom. The molecule has 116 valence electrons. The predicted octanol–water partition coefficient (Wildman–Crippen LogP) is 2.17. The normalized spacial score (nSPS) is 19.5. The van der Waals surface area contributed by atoms with Gasteiger partial charge in [0.2, 0.25) is 5.91 Å². The number of amides is 1. The lowest BCUT2D eigenvalue weighted by molar-refractivity contribution is -0.118. The molecular formula is C16H24N2O3. The molecule has 0 radical (unpaired) electrons. The number of rotatable bonds is 6. The van der Waals surface area contributed by atoms with E-state index >= 15 is 0 Å². The van der Waals surface area contributed by atoms with Crippen molar-refractivity contribution in [1.82, 2.24) is 0 Å². The highest BCUT2D eigenvalue weighted by Gasteiger charge is 2.17. The number of anilines is 1. The van der Waals surface area contributed by atoms with E-state index in [-0.39, 0.29) is 17.9 Å². The summed E-state index contributed by atoms with van der Waals surface area (Å²) < 4.78 is 11.2. The standard InChI is InChI=1S/C16H24N2O3/c1-11(2)15(17)16(19)18-12-5-7-13(8-6-12)21-10-14-4-3-9-20-14/h5-8,11,14-15H,3-4,9-10,17H2,1-2H3,(H,18,19)/t14?,15-/m0/s1. The Morgan fingerprint density at radius 1 is 1.43 bits per heavy atom. The van der Waals surface area contributed by atoms with Gasteiger partial charge in [-0.25, -0.2) is 0 Å². The minimum absolute atomic E-state index is 0.110. The molecule has 21 heavy (non-hydrogen) atoms. The summed E-state index contributed by atoms with van der Waals surface area (Å²) in [4.78, 5) is 11.9. The summed E-state index contributed by atoms with van der Waals surface area (Å²) >= 11 is 0. The largest absolute Gasteiger partial charge is 0.491 e. The molecule has 1 heterocycles. The molecule has 1 unspecified atom stereocenters. The number of nitrogens with two attached hydrogens (primary N) is 1. The Hall–Kier alpha value is -1.59. The summed E-state index contributed by atoms with van der Waals surface area (Å²) in [5, 5.41) is 2.80. The van der Waals surface area contributed by atoms with Crippen LogP contribution in [0.5, 0.6) is 5.75 Å². The van der Waals surface area contributed by atoms with Gasteiger partial charge in [0, 0.05) is 12.3 Å². The Morgan fingerprint density at radius 2 is 2.14 bits per heavy atom. The van der Waals surface area contributed by atoms with Gasteiger partial charge in [-0.2, -0.15) is 0 Å². The highest BCUT2D eigenvalue weighted by Crippen LogP contribution is 2.18. The highest BCUT2D eigenvalue weighted by atomic mass is 16.5. The van der Waals surface area contributed by atoms with Gasteiger partial charge in [0.15, 0.2) is 0 Å². The second-order valence-corrected chi connectivity index (χ2v) is 5.73. The van der Waals surface area contributed by atoms with Crippen molar-refractivity contribution in [3.63, 3.8) is 0 Å². The summed E-state index contributed by atoms with van der Waals surface area (Å²) in [6.45, 7) is 5.25. The van der Waals surface area contributed by atoms with Crippen LogP contribution in [-0.2, 0) is 9.53 Å². The van der Waals surface area contributed by atoms with Crippen LogP contribution in [0.3, 0.4) is 0 Å². The van der Waals surface area contributed by atoms with Gasteiger partial charge in [0.05, 0.1) is 12.1 Å². The summed E-state index contributed by atoms with van der Waals surface area (Å²) in [6.07, 6.45) is 2.37. The van der Waals surface area contributed by atoms with E-state index in [1.165, 1.54) is 0 Å². The Balaban J connectivity index is 1.82. The van der Waals surface area contributed by atoms with Crippen molar-refractivity contribution in [3.05, 3.63) is 24.3 Å². The first-order valence-corrected chi connectivity index (χ1v) is 7.47. The second-order valence-electron chi connectivity index (χ2n) is 5.73. The van der Waals surface area contributed by atoms with Crippen molar-refractivity contribution in [2.24, 2.45) is 11.7 Å². The van der Waals surface area contributed by atoms with Crippen molar-refractivity contribution >= 4 is 11.6 Å². The average Bonchev–Trinajstić information content (AvgIpc) is 2.99. The third kappa shape index (κ3) is 4.72. The first-order valence-electron chi connectivity index (χ1n) is 7.47. The fourth-order valence-corrected chi connectivity index (χ4v) is 2.13. The molecule has 1 aromatic carbocycles. The van der Waals surface area contributed by atoms with Crippen LogP contribution >= 0.6 is 0 Å². The monoisotopic (exact) mass is 292 g/mol. The molecule has 0 saturated carbocycles. The zero-order valence-electron chi connectivity index (χ0n) is 12.7. The molecule has 0 aliphatic carbocycles. The van der Waals surface area contributed by atoms with Crippen molar-refractivity contribution in [2.45, 2.75) is 38.8 Å². The molecule has 1 saturated heterocycles. The number of nitrogens with one attached hydrogen (secondary N) is 1. The fraction of sp³-hybridized carbons (Fsp3) is 0.562. The van der Waals surface area contributed by atoms with Crippen molar-refractivity contribution in [1.29, 1.82) is 0 Å². The number of ether oxygens (including phenoxy) is 2. The van der Waals surface area contributed by atoms with Gasteiger partial charge in [0.25, 0.3) is 0 Å². The van der Waals surface area contributed by atoms with Crippen LogP contribution < -0.4 is 15.8 Å². The van der Waals surface area contributed by atoms with Gasteiger partial charge in [0.1, 0.15) is 12.4 Å². The third-order valence-corrected chi connectivity index (χ3v) is 3.60. The van der Waals surface area contributed by atoms with E-state index in [0.717, 1.165) is 30.9 Å². The first-order chi connectivity index (χ1) is 10.1. The van der Waals surface area contributed by atoms with Gasteiger partial charge < -0.3 is 20.5 Å². The van der Waals surface area contributed by atoms with Gasteiger partial charge in [-0.05, 0) is 43.0 Å². The lowest BCUT2D eigenvalue weighted by Crippen LogP contribution is -2.39. The molecule has 1 aromatic rings. The van der Waals surface area contributed by atoms with E-state index in [0.29, 0.717) is 6.61 Å².